The number of ether oxygens (including phenoxy) is 2. The summed E-state index contributed by atoms with van der Waals surface area (Å²) >= 11 is 0. The van der Waals surface area contributed by atoms with Crippen LogP contribution in [0.15, 0.2) is 54.1 Å². The number of aliphatic hydroxyl groups excluding tert-OH is 1. The molecule has 1 heterocycles. The number of Topliss-reactive ketones (excluding diaryl/α,β-unsaturated/α-hetero) is 1. The van der Waals surface area contributed by atoms with Gasteiger partial charge in [0, 0.05) is 12.1 Å². The molecule has 7 heteroatoms. The Morgan fingerprint density at radius 1 is 1.03 bits per heavy atom. The number of rotatable bonds is 11. The maximum absolute atomic E-state index is 13.2. The van der Waals surface area contributed by atoms with Crippen molar-refractivity contribution < 1.29 is 24.2 Å². The highest BCUT2D eigenvalue weighted by atomic mass is 16.5. The van der Waals surface area contributed by atoms with Crippen molar-refractivity contribution in [2.24, 2.45) is 0 Å². The third-order valence-corrected chi connectivity index (χ3v) is 5.64. The minimum atomic E-state index is -0.721. The molecule has 1 N–H and O–H groups in total. The number of hydrogen-bond donors (Lipinski definition) is 1. The molecule has 2 aromatic carbocycles. The van der Waals surface area contributed by atoms with Gasteiger partial charge in [0.25, 0.3) is 11.7 Å². The number of ketones is 1. The van der Waals surface area contributed by atoms with E-state index in [2.05, 4.69) is 0 Å². The highest BCUT2D eigenvalue weighted by Gasteiger charge is 2.46. The van der Waals surface area contributed by atoms with Crippen LogP contribution < -0.4 is 9.47 Å². The summed E-state index contributed by atoms with van der Waals surface area (Å²) in [4.78, 5) is 29.8. The van der Waals surface area contributed by atoms with Gasteiger partial charge >= 0.3 is 0 Å². The molecule has 1 amide bonds. The van der Waals surface area contributed by atoms with E-state index in [1.807, 2.05) is 51.0 Å². The fourth-order valence-electron chi connectivity index (χ4n) is 4.06. The maximum Gasteiger partial charge on any atom is 0.295 e. The van der Waals surface area contributed by atoms with Crippen molar-refractivity contribution in [3.8, 4) is 11.5 Å². The standard InChI is InChI=1S/C27H34N2O5/c1-5-17-34-21-14-13-20(18-22(21)33-6-2)24-23(25(30)19-11-8-7-9-12-19)26(31)27(32)29(24)16-10-15-28(3)4/h7-9,11-14,18,24,30H,5-6,10,15-17H2,1-4H3. The molecule has 0 saturated carbocycles. The molecule has 1 aliphatic rings. The minimum Gasteiger partial charge on any atom is -0.507 e. The largest absolute Gasteiger partial charge is 0.507 e. The zero-order chi connectivity index (χ0) is 24.7. The average Bonchev–Trinajstić information content (AvgIpc) is 3.08. The van der Waals surface area contributed by atoms with Gasteiger partial charge in [-0.25, -0.2) is 0 Å². The van der Waals surface area contributed by atoms with Gasteiger partial charge in [0.1, 0.15) is 5.76 Å². The van der Waals surface area contributed by atoms with E-state index in [4.69, 9.17) is 9.47 Å². The summed E-state index contributed by atoms with van der Waals surface area (Å²) in [6.07, 6.45) is 1.55. The zero-order valence-electron chi connectivity index (χ0n) is 20.4. The van der Waals surface area contributed by atoms with Crippen LogP contribution in [0.2, 0.25) is 0 Å². The molecule has 1 aliphatic heterocycles. The fourth-order valence-corrected chi connectivity index (χ4v) is 4.06. The van der Waals surface area contributed by atoms with Gasteiger partial charge in [-0.2, -0.15) is 0 Å². The predicted molar refractivity (Wildman–Crippen MR) is 132 cm³/mol. The molecule has 34 heavy (non-hydrogen) atoms. The molecule has 1 unspecified atom stereocenters. The van der Waals surface area contributed by atoms with Crippen molar-refractivity contribution >= 4 is 17.4 Å². The Hall–Kier alpha value is -3.32. The SMILES string of the molecule is CCCOc1ccc(C2C(=C(O)c3ccccc3)C(=O)C(=O)N2CCCN(C)C)cc1OCC. The van der Waals surface area contributed by atoms with E-state index >= 15 is 0 Å². The molecule has 0 aliphatic carbocycles. The third kappa shape index (κ3) is 5.59. The second kappa shape index (κ2) is 11.7. The zero-order valence-corrected chi connectivity index (χ0v) is 20.4. The highest BCUT2D eigenvalue weighted by Crippen LogP contribution is 2.42. The Kier molecular flexibility index (Phi) is 8.71. The van der Waals surface area contributed by atoms with Gasteiger partial charge < -0.3 is 24.4 Å². The quantitative estimate of drug-likeness (QED) is 0.303. The summed E-state index contributed by atoms with van der Waals surface area (Å²) in [6.45, 7) is 6.06. The Morgan fingerprint density at radius 3 is 2.41 bits per heavy atom. The van der Waals surface area contributed by atoms with Crippen LogP contribution in [-0.4, -0.2) is 67.0 Å². The average molecular weight is 467 g/mol. The molecule has 182 valence electrons. The van der Waals surface area contributed by atoms with Gasteiger partial charge in [0.15, 0.2) is 11.5 Å². The number of benzene rings is 2. The number of carbonyl (C=O) groups is 2. The lowest BCUT2D eigenvalue weighted by atomic mass is 9.95. The van der Waals surface area contributed by atoms with Gasteiger partial charge in [0.05, 0.1) is 24.8 Å². The van der Waals surface area contributed by atoms with E-state index in [9.17, 15) is 14.7 Å². The van der Waals surface area contributed by atoms with E-state index in [0.29, 0.717) is 48.8 Å². The van der Waals surface area contributed by atoms with Crippen LogP contribution in [-0.2, 0) is 9.59 Å². The van der Waals surface area contributed by atoms with Crippen LogP contribution in [0.25, 0.3) is 5.76 Å². The molecular weight excluding hydrogens is 432 g/mol. The lowest BCUT2D eigenvalue weighted by Gasteiger charge is -2.26. The lowest BCUT2D eigenvalue weighted by molar-refractivity contribution is -0.139. The first-order valence-corrected chi connectivity index (χ1v) is 11.8. The van der Waals surface area contributed by atoms with E-state index in [0.717, 1.165) is 13.0 Å². The van der Waals surface area contributed by atoms with E-state index in [1.54, 1.807) is 35.2 Å². The summed E-state index contributed by atoms with van der Waals surface area (Å²) in [5.41, 5.74) is 1.27. The fraction of sp³-hybridized carbons (Fsp3) is 0.407. The number of aliphatic hydroxyl groups is 1. The molecule has 1 fully saturated rings. The summed E-state index contributed by atoms with van der Waals surface area (Å²) in [6, 6.07) is 13.6. The Morgan fingerprint density at radius 2 is 1.76 bits per heavy atom. The number of nitrogens with zero attached hydrogens (tertiary/aromatic N) is 2. The Bertz CT molecular complexity index is 1030. The lowest BCUT2D eigenvalue weighted by Crippen LogP contribution is -2.32. The first-order valence-electron chi connectivity index (χ1n) is 11.8. The van der Waals surface area contributed by atoms with Crippen molar-refractivity contribution in [3.05, 3.63) is 65.2 Å². The number of hydrogen-bond acceptors (Lipinski definition) is 6. The molecule has 3 rings (SSSR count). The molecule has 2 aromatic rings. The normalized spacial score (nSPS) is 17.4. The highest BCUT2D eigenvalue weighted by molar-refractivity contribution is 6.46. The van der Waals surface area contributed by atoms with Crippen LogP contribution >= 0.6 is 0 Å². The van der Waals surface area contributed by atoms with E-state index in [1.165, 1.54) is 0 Å². The van der Waals surface area contributed by atoms with Crippen molar-refractivity contribution in [3.63, 3.8) is 0 Å². The monoisotopic (exact) mass is 466 g/mol. The van der Waals surface area contributed by atoms with Crippen LogP contribution in [0.1, 0.15) is 43.9 Å². The topological polar surface area (TPSA) is 79.3 Å². The van der Waals surface area contributed by atoms with Crippen LogP contribution in [0.3, 0.4) is 0 Å². The first kappa shape index (κ1) is 25.3. The summed E-state index contributed by atoms with van der Waals surface area (Å²) in [5, 5.41) is 11.1. The molecule has 7 nitrogen and oxygen atoms in total. The molecule has 0 radical (unpaired) electrons. The molecule has 0 bridgehead atoms. The summed E-state index contributed by atoms with van der Waals surface area (Å²) in [7, 11) is 3.93. The number of likely N-dealkylation sites (tertiary alicyclic amines) is 1. The Labute approximate surface area is 201 Å². The number of carbonyl (C=O) groups excluding carboxylic acids is 2. The second-order valence-corrected chi connectivity index (χ2v) is 8.50. The van der Waals surface area contributed by atoms with Crippen molar-refractivity contribution in [1.82, 2.24) is 9.80 Å². The predicted octanol–water partition coefficient (Wildman–Crippen LogP) is 4.25. The van der Waals surface area contributed by atoms with E-state index in [-0.39, 0.29) is 11.3 Å². The van der Waals surface area contributed by atoms with Gasteiger partial charge in [-0.1, -0.05) is 43.3 Å². The minimum absolute atomic E-state index is 0.0886. The van der Waals surface area contributed by atoms with Crippen LogP contribution in [0.5, 0.6) is 11.5 Å². The van der Waals surface area contributed by atoms with Gasteiger partial charge in [0.2, 0.25) is 0 Å². The number of amides is 1. The maximum atomic E-state index is 13.2. The summed E-state index contributed by atoms with van der Waals surface area (Å²) in [5.74, 6) is -0.304. The smallest absolute Gasteiger partial charge is 0.295 e. The second-order valence-electron chi connectivity index (χ2n) is 8.50. The molecule has 1 atom stereocenters. The molecular formula is C27H34N2O5. The van der Waals surface area contributed by atoms with Gasteiger partial charge in [-0.3, -0.25) is 9.59 Å². The van der Waals surface area contributed by atoms with Crippen molar-refractivity contribution in [2.75, 3.05) is 40.4 Å². The van der Waals surface area contributed by atoms with Crippen LogP contribution in [0.4, 0.5) is 0 Å². The first-order chi connectivity index (χ1) is 16.4. The van der Waals surface area contributed by atoms with Crippen LogP contribution in [0, 0.1) is 0 Å². The Balaban J connectivity index is 2.11. The molecule has 0 aromatic heterocycles. The molecule has 1 saturated heterocycles. The van der Waals surface area contributed by atoms with Gasteiger partial charge in [-0.05, 0) is 58.1 Å². The van der Waals surface area contributed by atoms with Crippen molar-refractivity contribution in [2.45, 2.75) is 32.7 Å². The van der Waals surface area contributed by atoms with Crippen molar-refractivity contribution in [1.29, 1.82) is 0 Å². The summed E-state index contributed by atoms with van der Waals surface area (Å²) < 4.78 is 11.6. The van der Waals surface area contributed by atoms with E-state index < -0.39 is 17.7 Å². The third-order valence-electron chi connectivity index (χ3n) is 5.64. The molecule has 0 spiro atoms. The van der Waals surface area contributed by atoms with Gasteiger partial charge in [-0.15, -0.1) is 0 Å².